The lowest BCUT2D eigenvalue weighted by molar-refractivity contribution is -0.130. The first-order valence-electron chi connectivity index (χ1n) is 8.78. The van der Waals surface area contributed by atoms with E-state index in [1.807, 2.05) is 6.92 Å². The predicted molar refractivity (Wildman–Crippen MR) is 87.1 cm³/mol. The highest BCUT2D eigenvalue weighted by Crippen LogP contribution is 2.36. The molecule has 0 aromatic carbocycles. The smallest absolute Gasteiger partial charge is 0.227 e. The Morgan fingerprint density at radius 3 is 2.57 bits per heavy atom. The van der Waals surface area contributed by atoms with Gasteiger partial charge in [-0.25, -0.2) is 0 Å². The van der Waals surface area contributed by atoms with E-state index in [2.05, 4.69) is 17.3 Å². The van der Waals surface area contributed by atoms with Crippen LogP contribution >= 0.6 is 0 Å². The van der Waals surface area contributed by atoms with Crippen molar-refractivity contribution in [2.45, 2.75) is 76.8 Å². The molecule has 0 saturated heterocycles. The summed E-state index contributed by atoms with van der Waals surface area (Å²) in [5, 5.41) is 3.11. The zero-order valence-corrected chi connectivity index (χ0v) is 13.9. The monoisotopic (exact) mass is 295 g/mol. The number of carbonyl (C=O) groups excluding carboxylic acids is 1. The fourth-order valence-corrected chi connectivity index (χ4v) is 3.91. The maximum Gasteiger partial charge on any atom is 0.227 e. The summed E-state index contributed by atoms with van der Waals surface area (Å²) < 4.78 is 0. The quantitative estimate of drug-likeness (QED) is 0.739. The van der Waals surface area contributed by atoms with Crippen molar-refractivity contribution in [2.24, 2.45) is 11.1 Å². The Balaban J connectivity index is 1.64. The zero-order chi connectivity index (χ0) is 15.3. The first-order valence-corrected chi connectivity index (χ1v) is 8.78. The number of nitrogens with zero attached hydrogens (tertiary/aromatic N) is 1. The van der Waals surface area contributed by atoms with Crippen LogP contribution in [-0.4, -0.2) is 43.0 Å². The van der Waals surface area contributed by atoms with Crippen molar-refractivity contribution in [2.75, 3.05) is 20.1 Å². The average molecular weight is 295 g/mol. The van der Waals surface area contributed by atoms with Gasteiger partial charge >= 0.3 is 0 Å². The number of rotatable bonds is 6. The van der Waals surface area contributed by atoms with Crippen LogP contribution in [0.4, 0.5) is 0 Å². The summed E-state index contributed by atoms with van der Waals surface area (Å²) in [6.07, 6.45) is 10.9. The molecule has 2 rings (SSSR count). The Kier molecular flexibility index (Phi) is 6.06. The van der Waals surface area contributed by atoms with Gasteiger partial charge < -0.3 is 16.0 Å². The summed E-state index contributed by atoms with van der Waals surface area (Å²) in [7, 11) is 2.23. The molecule has 2 aliphatic rings. The van der Waals surface area contributed by atoms with Crippen molar-refractivity contribution in [3.05, 3.63) is 0 Å². The summed E-state index contributed by atoms with van der Waals surface area (Å²) in [6.45, 7) is 3.88. The summed E-state index contributed by atoms with van der Waals surface area (Å²) >= 11 is 0. The number of amides is 1. The van der Waals surface area contributed by atoms with Crippen molar-refractivity contribution in [1.29, 1.82) is 0 Å². The van der Waals surface area contributed by atoms with Crippen LogP contribution < -0.4 is 11.1 Å². The summed E-state index contributed by atoms with van der Waals surface area (Å²) in [5.74, 6) is 0.160. The van der Waals surface area contributed by atoms with Gasteiger partial charge in [-0.3, -0.25) is 4.79 Å². The van der Waals surface area contributed by atoms with Crippen molar-refractivity contribution in [1.82, 2.24) is 10.2 Å². The van der Waals surface area contributed by atoms with Gasteiger partial charge in [-0.15, -0.1) is 0 Å². The van der Waals surface area contributed by atoms with E-state index >= 15 is 0 Å². The minimum Gasteiger partial charge on any atom is -0.356 e. The lowest BCUT2D eigenvalue weighted by atomic mass is 9.84. The third-order valence-corrected chi connectivity index (χ3v) is 5.72. The Hall–Kier alpha value is -0.610. The molecule has 2 fully saturated rings. The Bertz CT molecular complexity index is 341. The molecule has 0 aromatic heterocycles. The molecular formula is C17H33N3O. The molecule has 1 amide bonds. The molecule has 0 radical (unpaired) electrons. The summed E-state index contributed by atoms with van der Waals surface area (Å²) in [4.78, 5) is 14.8. The molecule has 0 heterocycles. The predicted octanol–water partition coefficient (Wildman–Crippen LogP) is 2.27. The van der Waals surface area contributed by atoms with Gasteiger partial charge in [-0.2, -0.15) is 0 Å². The number of carbonyl (C=O) groups is 1. The lowest BCUT2D eigenvalue weighted by Gasteiger charge is -2.31. The number of hydrogen-bond donors (Lipinski definition) is 2. The van der Waals surface area contributed by atoms with E-state index in [9.17, 15) is 4.79 Å². The molecule has 2 unspecified atom stereocenters. The van der Waals surface area contributed by atoms with E-state index in [1.54, 1.807) is 0 Å². The molecule has 2 saturated carbocycles. The third kappa shape index (κ3) is 4.19. The number of nitrogens with one attached hydrogen (secondary N) is 1. The third-order valence-electron chi connectivity index (χ3n) is 5.72. The van der Waals surface area contributed by atoms with Gasteiger partial charge in [0.05, 0.1) is 5.41 Å². The van der Waals surface area contributed by atoms with Crippen LogP contribution in [0.15, 0.2) is 0 Å². The first-order chi connectivity index (χ1) is 10.0. The molecule has 2 aliphatic carbocycles. The summed E-state index contributed by atoms with van der Waals surface area (Å²) in [5.41, 5.74) is 5.76. The van der Waals surface area contributed by atoms with E-state index < -0.39 is 0 Å². The number of hydrogen-bond acceptors (Lipinski definition) is 3. The van der Waals surface area contributed by atoms with Gasteiger partial charge in [0.25, 0.3) is 0 Å². The highest BCUT2D eigenvalue weighted by molar-refractivity contribution is 5.83. The van der Waals surface area contributed by atoms with Crippen LogP contribution in [0.25, 0.3) is 0 Å². The Labute approximate surface area is 129 Å². The fourth-order valence-electron chi connectivity index (χ4n) is 3.91. The van der Waals surface area contributed by atoms with Crippen LogP contribution in [0, 0.1) is 5.41 Å². The Morgan fingerprint density at radius 2 is 1.95 bits per heavy atom. The number of nitrogens with two attached hydrogens (primary N) is 1. The second-order valence-electron chi connectivity index (χ2n) is 7.30. The first kappa shape index (κ1) is 16.8. The van der Waals surface area contributed by atoms with Gasteiger partial charge in [-0.1, -0.05) is 25.7 Å². The Morgan fingerprint density at radius 1 is 1.24 bits per heavy atom. The van der Waals surface area contributed by atoms with Gasteiger partial charge in [0.1, 0.15) is 0 Å². The highest BCUT2D eigenvalue weighted by Gasteiger charge is 2.42. The molecule has 4 heteroatoms. The van der Waals surface area contributed by atoms with Crippen LogP contribution in [-0.2, 0) is 4.79 Å². The molecule has 21 heavy (non-hydrogen) atoms. The molecule has 4 nitrogen and oxygen atoms in total. The second kappa shape index (κ2) is 7.59. The SMILES string of the molecule is CN(CCCNC(=O)C1(C)CCCC1N)C1CCCCC1. The molecular weight excluding hydrogens is 262 g/mol. The van der Waals surface area contributed by atoms with Gasteiger partial charge in [0, 0.05) is 18.6 Å². The van der Waals surface area contributed by atoms with E-state index in [4.69, 9.17) is 5.73 Å². The van der Waals surface area contributed by atoms with Crippen LogP contribution in [0.3, 0.4) is 0 Å². The summed E-state index contributed by atoms with van der Waals surface area (Å²) in [6, 6.07) is 0.789. The highest BCUT2D eigenvalue weighted by atomic mass is 16.2. The molecule has 2 atom stereocenters. The maximum absolute atomic E-state index is 12.3. The largest absolute Gasteiger partial charge is 0.356 e. The van der Waals surface area contributed by atoms with Gasteiger partial charge in [0.2, 0.25) is 5.91 Å². The van der Waals surface area contributed by atoms with E-state index in [1.165, 1.54) is 32.1 Å². The van der Waals surface area contributed by atoms with Crippen LogP contribution in [0.2, 0.25) is 0 Å². The second-order valence-corrected chi connectivity index (χ2v) is 7.30. The van der Waals surface area contributed by atoms with E-state index in [0.29, 0.717) is 0 Å². The van der Waals surface area contributed by atoms with Gasteiger partial charge in [-0.05, 0) is 52.6 Å². The molecule has 3 N–H and O–H groups in total. The zero-order valence-electron chi connectivity index (χ0n) is 13.9. The van der Waals surface area contributed by atoms with Crippen LogP contribution in [0.5, 0.6) is 0 Å². The van der Waals surface area contributed by atoms with Crippen molar-refractivity contribution in [3.63, 3.8) is 0 Å². The van der Waals surface area contributed by atoms with Gasteiger partial charge in [0.15, 0.2) is 0 Å². The molecule has 0 aliphatic heterocycles. The molecule has 0 aromatic rings. The maximum atomic E-state index is 12.3. The minimum absolute atomic E-state index is 0.0300. The van der Waals surface area contributed by atoms with E-state index in [0.717, 1.165) is 44.8 Å². The fraction of sp³-hybridized carbons (Fsp3) is 0.941. The van der Waals surface area contributed by atoms with Crippen LogP contribution in [0.1, 0.15) is 64.7 Å². The topological polar surface area (TPSA) is 58.4 Å². The average Bonchev–Trinajstić information content (AvgIpc) is 2.85. The standard InChI is InChI=1S/C17H33N3O/c1-17(11-6-10-15(17)18)16(21)19-12-7-13-20(2)14-8-4-3-5-9-14/h14-15H,3-13,18H2,1-2H3,(H,19,21). The normalized spacial score (nSPS) is 30.8. The lowest BCUT2D eigenvalue weighted by Crippen LogP contribution is -2.47. The minimum atomic E-state index is -0.338. The molecule has 0 bridgehead atoms. The van der Waals surface area contributed by atoms with Crippen molar-refractivity contribution >= 4 is 5.91 Å². The molecule has 122 valence electrons. The molecule has 0 spiro atoms. The van der Waals surface area contributed by atoms with Crippen molar-refractivity contribution < 1.29 is 4.79 Å². The van der Waals surface area contributed by atoms with E-state index in [-0.39, 0.29) is 17.4 Å². The van der Waals surface area contributed by atoms with Crippen molar-refractivity contribution in [3.8, 4) is 0 Å².